The van der Waals surface area contributed by atoms with Crippen LogP contribution in [0.15, 0.2) is 36.5 Å². The quantitative estimate of drug-likeness (QED) is 0.758. The summed E-state index contributed by atoms with van der Waals surface area (Å²) in [4.78, 5) is 15.7. The largest absolute Gasteiger partial charge is 0.463 e. The third-order valence-electron chi connectivity index (χ3n) is 2.46. The fourth-order valence-corrected chi connectivity index (χ4v) is 1.70. The monoisotopic (exact) mass is 230 g/mol. The highest BCUT2D eigenvalue weighted by Gasteiger charge is 2.14. The van der Waals surface area contributed by atoms with Crippen molar-refractivity contribution in [3.63, 3.8) is 0 Å². The van der Waals surface area contributed by atoms with E-state index >= 15 is 0 Å². The number of carbonyl (C=O) groups is 1. The second-order valence-electron chi connectivity index (χ2n) is 3.81. The maximum atomic E-state index is 11.5. The molecule has 1 aromatic heterocycles. The van der Waals surface area contributed by atoms with E-state index < -0.39 is 5.97 Å². The third kappa shape index (κ3) is 2.53. The van der Waals surface area contributed by atoms with Gasteiger partial charge in [0.25, 0.3) is 0 Å². The van der Waals surface area contributed by atoms with E-state index in [-0.39, 0.29) is 0 Å². The average molecular weight is 230 g/mol. The van der Waals surface area contributed by atoms with Crippen molar-refractivity contribution in [1.82, 2.24) is 9.55 Å². The highest BCUT2D eigenvalue weighted by atomic mass is 16.5. The Labute approximate surface area is 99.9 Å². The van der Waals surface area contributed by atoms with Crippen molar-refractivity contribution < 1.29 is 9.53 Å². The molecular formula is C13H14N2O2. The first-order valence-electron chi connectivity index (χ1n) is 5.36. The predicted octanol–water partition coefficient (Wildman–Crippen LogP) is 2.03. The molecule has 88 valence electrons. The van der Waals surface area contributed by atoms with E-state index in [1.165, 1.54) is 7.11 Å². The van der Waals surface area contributed by atoms with Crippen molar-refractivity contribution in [3.8, 4) is 0 Å². The minimum Gasteiger partial charge on any atom is -0.463 e. The number of hydrogen-bond donors (Lipinski definition) is 0. The molecule has 2 aromatic rings. The van der Waals surface area contributed by atoms with Gasteiger partial charge in [0.15, 0.2) is 0 Å². The van der Waals surface area contributed by atoms with Crippen LogP contribution in [0.1, 0.15) is 21.9 Å². The summed E-state index contributed by atoms with van der Waals surface area (Å²) in [5, 5.41) is 0. The number of methoxy groups -OCH3 is 1. The molecule has 0 spiro atoms. The zero-order valence-corrected chi connectivity index (χ0v) is 9.88. The zero-order chi connectivity index (χ0) is 12.3. The Balaban J connectivity index is 2.30. The molecule has 0 saturated carbocycles. The molecule has 2 rings (SSSR count). The number of esters is 1. The van der Waals surface area contributed by atoms with E-state index in [1.807, 2.05) is 43.5 Å². The van der Waals surface area contributed by atoms with E-state index in [2.05, 4.69) is 4.98 Å². The second-order valence-corrected chi connectivity index (χ2v) is 3.81. The van der Waals surface area contributed by atoms with Crippen LogP contribution in [0.4, 0.5) is 0 Å². The average Bonchev–Trinajstić information content (AvgIpc) is 2.70. The first kappa shape index (κ1) is 11.4. The Morgan fingerprint density at radius 1 is 1.35 bits per heavy atom. The number of imidazole rings is 1. The van der Waals surface area contributed by atoms with Crippen LogP contribution in [-0.2, 0) is 11.3 Å². The van der Waals surface area contributed by atoms with Crippen LogP contribution in [0.5, 0.6) is 0 Å². The number of carbonyl (C=O) groups excluding carboxylic acids is 1. The number of benzene rings is 1. The molecule has 1 heterocycles. The number of rotatable bonds is 3. The lowest BCUT2D eigenvalue weighted by atomic mass is 10.2. The van der Waals surface area contributed by atoms with Crippen molar-refractivity contribution in [1.29, 1.82) is 0 Å². The van der Waals surface area contributed by atoms with Crippen molar-refractivity contribution in [2.45, 2.75) is 13.5 Å². The first-order valence-corrected chi connectivity index (χ1v) is 5.36. The van der Waals surface area contributed by atoms with Crippen molar-refractivity contribution >= 4 is 5.97 Å². The van der Waals surface area contributed by atoms with Crippen LogP contribution in [0.25, 0.3) is 0 Å². The molecule has 4 heteroatoms. The first-order chi connectivity index (χ1) is 8.20. The molecule has 4 nitrogen and oxygen atoms in total. The van der Waals surface area contributed by atoms with Crippen molar-refractivity contribution in [2.24, 2.45) is 0 Å². The number of ether oxygens (including phenoxy) is 1. The standard InChI is InChI=1S/C13H14N2O2/c1-10-8-15(12(14-10)13(16)17-2)9-11-6-4-3-5-7-11/h3-8H,9H2,1-2H3. The molecule has 0 radical (unpaired) electrons. The normalized spacial score (nSPS) is 10.2. The van der Waals surface area contributed by atoms with Gasteiger partial charge in [-0.05, 0) is 12.5 Å². The molecule has 0 bridgehead atoms. The van der Waals surface area contributed by atoms with E-state index in [9.17, 15) is 4.79 Å². The Morgan fingerprint density at radius 3 is 2.71 bits per heavy atom. The van der Waals surface area contributed by atoms with Gasteiger partial charge >= 0.3 is 5.97 Å². The Kier molecular flexibility index (Phi) is 3.23. The summed E-state index contributed by atoms with van der Waals surface area (Å²) >= 11 is 0. The number of hydrogen-bond acceptors (Lipinski definition) is 3. The van der Waals surface area contributed by atoms with Gasteiger partial charge in [-0.3, -0.25) is 0 Å². The van der Waals surface area contributed by atoms with Crippen LogP contribution in [-0.4, -0.2) is 22.6 Å². The Bertz CT molecular complexity index is 517. The zero-order valence-electron chi connectivity index (χ0n) is 9.88. The van der Waals surface area contributed by atoms with Crippen LogP contribution < -0.4 is 0 Å². The van der Waals surface area contributed by atoms with E-state index in [0.29, 0.717) is 12.4 Å². The minimum atomic E-state index is -0.408. The smallest absolute Gasteiger partial charge is 0.374 e. The molecule has 0 saturated heterocycles. The molecule has 0 aliphatic carbocycles. The molecule has 1 aromatic carbocycles. The van der Waals surface area contributed by atoms with Crippen molar-refractivity contribution in [2.75, 3.05) is 7.11 Å². The van der Waals surface area contributed by atoms with Gasteiger partial charge in [-0.1, -0.05) is 30.3 Å². The fourth-order valence-electron chi connectivity index (χ4n) is 1.70. The van der Waals surface area contributed by atoms with Gasteiger partial charge in [-0.25, -0.2) is 9.78 Å². The number of aryl methyl sites for hydroxylation is 1. The van der Waals surface area contributed by atoms with Crippen LogP contribution in [0, 0.1) is 6.92 Å². The predicted molar refractivity (Wildman–Crippen MR) is 63.8 cm³/mol. The summed E-state index contributed by atoms with van der Waals surface area (Å²) in [5.41, 5.74) is 1.93. The maximum absolute atomic E-state index is 11.5. The second kappa shape index (κ2) is 4.82. The summed E-state index contributed by atoms with van der Waals surface area (Å²) in [6.45, 7) is 2.47. The molecule has 0 aliphatic rings. The van der Waals surface area contributed by atoms with Gasteiger partial charge in [-0.15, -0.1) is 0 Å². The molecule has 0 N–H and O–H groups in total. The van der Waals surface area contributed by atoms with Crippen LogP contribution in [0.2, 0.25) is 0 Å². The number of aromatic nitrogens is 2. The van der Waals surface area contributed by atoms with Gasteiger partial charge in [0.1, 0.15) is 0 Å². The maximum Gasteiger partial charge on any atom is 0.374 e. The summed E-state index contributed by atoms with van der Waals surface area (Å²) in [5.74, 6) is -0.0668. The molecule has 0 amide bonds. The lowest BCUT2D eigenvalue weighted by molar-refractivity contribution is 0.0581. The molecule has 0 fully saturated rings. The van der Waals surface area contributed by atoms with Gasteiger partial charge < -0.3 is 9.30 Å². The highest BCUT2D eigenvalue weighted by Crippen LogP contribution is 2.08. The third-order valence-corrected chi connectivity index (χ3v) is 2.46. The fraction of sp³-hybridized carbons (Fsp3) is 0.231. The van der Waals surface area contributed by atoms with Crippen LogP contribution in [0.3, 0.4) is 0 Å². The molecule has 0 atom stereocenters. The lowest BCUT2D eigenvalue weighted by Crippen LogP contribution is -2.12. The van der Waals surface area contributed by atoms with Crippen LogP contribution >= 0.6 is 0 Å². The topological polar surface area (TPSA) is 44.1 Å². The van der Waals surface area contributed by atoms with E-state index in [4.69, 9.17) is 4.74 Å². The summed E-state index contributed by atoms with van der Waals surface area (Å²) in [6, 6.07) is 9.92. The SMILES string of the molecule is COC(=O)c1nc(C)cn1Cc1ccccc1. The minimum absolute atomic E-state index is 0.342. The van der Waals surface area contributed by atoms with Gasteiger partial charge in [0.05, 0.1) is 12.8 Å². The summed E-state index contributed by atoms with van der Waals surface area (Å²) in [6.07, 6.45) is 1.85. The van der Waals surface area contributed by atoms with Gasteiger partial charge in [0.2, 0.25) is 5.82 Å². The summed E-state index contributed by atoms with van der Waals surface area (Å²) in [7, 11) is 1.36. The lowest BCUT2D eigenvalue weighted by Gasteiger charge is -2.05. The molecule has 17 heavy (non-hydrogen) atoms. The Hall–Kier alpha value is -2.10. The van der Waals surface area contributed by atoms with Gasteiger partial charge in [-0.2, -0.15) is 0 Å². The van der Waals surface area contributed by atoms with E-state index in [0.717, 1.165) is 11.3 Å². The summed E-state index contributed by atoms with van der Waals surface area (Å²) < 4.78 is 6.51. The molecular weight excluding hydrogens is 216 g/mol. The van der Waals surface area contributed by atoms with E-state index in [1.54, 1.807) is 4.57 Å². The van der Waals surface area contributed by atoms with Gasteiger partial charge in [0, 0.05) is 12.7 Å². The van der Waals surface area contributed by atoms with Crippen molar-refractivity contribution in [3.05, 3.63) is 53.6 Å². The number of nitrogens with zero attached hydrogens (tertiary/aromatic N) is 2. The highest BCUT2D eigenvalue weighted by molar-refractivity contribution is 5.85. The molecule has 0 unspecified atom stereocenters. The molecule has 0 aliphatic heterocycles. The Morgan fingerprint density at radius 2 is 2.06 bits per heavy atom.